The number of nitrogens with zero attached hydrogens (tertiary/aromatic N) is 2. The largest absolute Gasteiger partial charge is 0.481 e. The second kappa shape index (κ2) is 5.69. The highest BCUT2D eigenvalue weighted by atomic mass is 16.4. The molecule has 6 nitrogen and oxygen atoms in total. The molecule has 0 saturated carbocycles. The Morgan fingerprint density at radius 2 is 2.25 bits per heavy atom. The molecule has 1 atom stereocenters. The number of likely N-dealkylation sites (tertiary alicyclic amines) is 1. The van der Waals surface area contributed by atoms with Crippen LogP contribution >= 0.6 is 0 Å². The molecule has 1 fully saturated rings. The molecule has 1 unspecified atom stereocenters. The first-order valence-corrected chi connectivity index (χ1v) is 5.43. The van der Waals surface area contributed by atoms with Crippen molar-refractivity contribution in [2.75, 3.05) is 40.3 Å². The van der Waals surface area contributed by atoms with Crippen LogP contribution in [0.1, 0.15) is 6.42 Å². The summed E-state index contributed by atoms with van der Waals surface area (Å²) < 4.78 is 0. The second-order valence-corrected chi connectivity index (χ2v) is 4.08. The van der Waals surface area contributed by atoms with Crippen molar-refractivity contribution in [2.24, 2.45) is 5.92 Å². The zero-order valence-electron chi connectivity index (χ0n) is 9.77. The van der Waals surface area contributed by atoms with Gasteiger partial charge in [0.2, 0.25) is 0 Å². The van der Waals surface area contributed by atoms with Crippen molar-refractivity contribution in [3.8, 4) is 0 Å². The van der Waals surface area contributed by atoms with Crippen molar-refractivity contribution in [2.45, 2.75) is 6.42 Å². The lowest BCUT2D eigenvalue weighted by molar-refractivity contribution is -0.141. The molecule has 1 aliphatic heterocycles. The summed E-state index contributed by atoms with van der Waals surface area (Å²) in [5.41, 5.74) is 0. The highest BCUT2D eigenvalue weighted by Gasteiger charge is 2.31. The third-order valence-electron chi connectivity index (χ3n) is 2.83. The molecule has 2 N–H and O–H groups in total. The molecule has 1 heterocycles. The average molecular weight is 229 g/mol. The lowest BCUT2D eigenvalue weighted by Gasteiger charge is -2.24. The van der Waals surface area contributed by atoms with Crippen LogP contribution in [-0.2, 0) is 4.79 Å². The molecule has 0 aromatic rings. The first kappa shape index (κ1) is 12.8. The number of rotatable bonds is 4. The molecule has 0 aliphatic carbocycles. The topological polar surface area (TPSA) is 72.9 Å². The normalized spacial score (nSPS) is 19.9. The van der Waals surface area contributed by atoms with Gasteiger partial charge in [-0.1, -0.05) is 0 Å². The Labute approximate surface area is 95.2 Å². The Bertz CT molecular complexity index is 270. The predicted molar refractivity (Wildman–Crippen MR) is 59.3 cm³/mol. The molecule has 6 heteroatoms. The maximum Gasteiger partial charge on any atom is 0.319 e. The van der Waals surface area contributed by atoms with Crippen LogP contribution in [0, 0.1) is 5.92 Å². The zero-order valence-corrected chi connectivity index (χ0v) is 9.77. The van der Waals surface area contributed by atoms with Crippen molar-refractivity contribution in [1.29, 1.82) is 0 Å². The molecular formula is C10H19N3O3. The number of hydrogen-bond acceptors (Lipinski definition) is 3. The van der Waals surface area contributed by atoms with Crippen LogP contribution in [0.3, 0.4) is 0 Å². The van der Waals surface area contributed by atoms with Gasteiger partial charge in [0.1, 0.15) is 0 Å². The van der Waals surface area contributed by atoms with Gasteiger partial charge in [-0.25, -0.2) is 4.79 Å². The van der Waals surface area contributed by atoms with Crippen molar-refractivity contribution in [3.05, 3.63) is 0 Å². The van der Waals surface area contributed by atoms with Gasteiger partial charge < -0.3 is 20.2 Å². The van der Waals surface area contributed by atoms with E-state index in [4.69, 9.17) is 5.11 Å². The molecule has 0 radical (unpaired) electrons. The summed E-state index contributed by atoms with van der Waals surface area (Å²) in [7, 11) is 3.56. The van der Waals surface area contributed by atoms with Gasteiger partial charge >= 0.3 is 12.0 Å². The van der Waals surface area contributed by atoms with E-state index >= 15 is 0 Å². The summed E-state index contributed by atoms with van der Waals surface area (Å²) in [6, 6.07) is -0.0843. The Balaban J connectivity index is 2.41. The van der Waals surface area contributed by atoms with E-state index in [-0.39, 0.29) is 6.03 Å². The lowest BCUT2D eigenvalue weighted by atomic mass is 10.1. The van der Waals surface area contributed by atoms with Gasteiger partial charge in [0.15, 0.2) is 0 Å². The summed E-state index contributed by atoms with van der Waals surface area (Å²) in [5, 5.41) is 11.8. The lowest BCUT2D eigenvalue weighted by Crippen LogP contribution is -2.42. The quantitative estimate of drug-likeness (QED) is 0.692. The van der Waals surface area contributed by atoms with E-state index in [9.17, 15) is 9.59 Å². The second-order valence-electron chi connectivity index (χ2n) is 4.08. The number of nitrogens with one attached hydrogen (secondary N) is 1. The van der Waals surface area contributed by atoms with E-state index in [2.05, 4.69) is 5.32 Å². The Morgan fingerprint density at radius 3 is 2.75 bits per heavy atom. The van der Waals surface area contributed by atoms with E-state index < -0.39 is 11.9 Å². The number of likely N-dealkylation sites (N-methyl/N-ethyl adjacent to an activating group) is 2. The summed E-state index contributed by atoms with van der Waals surface area (Å²) >= 11 is 0. The number of carboxylic acid groups (broad SMARTS) is 1. The summed E-state index contributed by atoms with van der Waals surface area (Å²) in [4.78, 5) is 25.8. The molecule has 2 amide bonds. The fourth-order valence-electron chi connectivity index (χ4n) is 1.75. The fourth-order valence-corrected chi connectivity index (χ4v) is 1.75. The number of hydrogen-bond donors (Lipinski definition) is 2. The van der Waals surface area contributed by atoms with Gasteiger partial charge in [-0.05, 0) is 13.5 Å². The minimum absolute atomic E-state index is 0.0843. The van der Waals surface area contributed by atoms with Gasteiger partial charge in [0.05, 0.1) is 5.92 Å². The first-order valence-electron chi connectivity index (χ1n) is 5.43. The third-order valence-corrected chi connectivity index (χ3v) is 2.83. The van der Waals surface area contributed by atoms with Crippen molar-refractivity contribution in [3.63, 3.8) is 0 Å². The number of aliphatic carboxylic acids is 1. The minimum Gasteiger partial charge on any atom is -0.481 e. The average Bonchev–Trinajstić information content (AvgIpc) is 2.74. The van der Waals surface area contributed by atoms with Crippen molar-refractivity contribution in [1.82, 2.24) is 15.1 Å². The van der Waals surface area contributed by atoms with Crippen LogP contribution in [0.5, 0.6) is 0 Å². The van der Waals surface area contributed by atoms with Gasteiger partial charge in [-0.3, -0.25) is 4.79 Å². The zero-order chi connectivity index (χ0) is 12.1. The molecular weight excluding hydrogens is 210 g/mol. The summed E-state index contributed by atoms with van der Waals surface area (Å²) in [5.74, 6) is -1.21. The summed E-state index contributed by atoms with van der Waals surface area (Å²) in [6.45, 7) is 2.24. The highest BCUT2D eigenvalue weighted by Crippen LogP contribution is 2.17. The van der Waals surface area contributed by atoms with Gasteiger partial charge in [-0.15, -0.1) is 0 Å². The molecule has 0 spiro atoms. The van der Waals surface area contributed by atoms with E-state index in [1.165, 1.54) is 0 Å². The maximum absolute atomic E-state index is 11.9. The first-order chi connectivity index (χ1) is 7.56. The van der Waals surface area contributed by atoms with Gasteiger partial charge in [-0.2, -0.15) is 0 Å². The van der Waals surface area contributed by atoms with Crippen molar-refractivity contribution >= 4 is 12.0 Å². The smallest absolute Gasteiger partial charge is 0.319 e. The van der Waals surface area contributed by atoms with Crippen LogP contribution in [0.4, 0.5) is 4.79 Å². The molecule has 0 aromatic heterocycles. The van der Waals surface area contributed by atoms with E-state index in [1.54, 1.807) is 16.8 Å². The molecule has 0 bridgehead atoms. The summed E-state index contributed by atoms with van der Waals surface area (Å²) in [6.07, 6.45) is 0.556. The third kappa shape index (κ3) is 3.10. The van der Waals surface area contributed by atoms with Crippen LogP contribution < -0.4 is 5.32 Å². The van der Waals surface area contributed by atoms with Crippen LogP contribution in [-0.4, -0.2) is 67.2 Å². The molecule has 92 valence electrons. The molecule has 0 aromatic carbocycles. The Kier molecular flexibility index (Phi) is 4.54. The molecule has 1 aliphatic rings. The number of carboxylic acids is 1. The number of carbonyl (C=O) groups is 2. The molecule has 1 saturated heterocycles. The SMILES string of the molecule is CNCCN(C)C(=O)N1CCC(C(=O)O)C1. The monoisotopic (exact) mass is 229 g/mol. The molecule has 16 heavy (non-hydrogen) atoms. The van der Waals surface area contributed by atoms with E-state index in [1.807, 2.05) is 7.05 Å². The number of urea groups is 1. The standard InChI is InChI=1S/C10H19N3O3/c1-11-4-6-12(2)10(16)13-5-3-8(7-13)9(14)15/h8,11H,3-7H2,1-2H3,(H,14,15). The van der Waals surface area contributed by atoms with Gasteiger partial charge in [0, 0.05) is 33.2 Å². The minimum atomic E-state index is -0.812. The predicted octanol–water partition coefficient (Wildman–Crippen LogP) is -0.336. The van der Waals surface area contributed by atoms with Crippen LogP contribution in [0.25, 0.3) is 0 Å². The number of carbonyl (C=O) groups excluding carboxylic acids is 1. The van der Waals surface area contributed by atoms with Gasteiger partial charge in [0.25, 0.3) is 0 Å². The Morgan fingerprint density at radius 1 is 1.56 bits per heavy atom. The van der Waals surface area contributed by atoms with E-state index in [0.717, 1.165) is 6.54 Å². The van der Waals surface area contributed by atoms with Crippen LogP contribution in [0.15, 0.2) is 0 Å². The van der Waals surface area contributed by atoms with E-state index in [0.29, 0.717) is 26.1 Å². The highest BCUT2D eigenvalue weighted by molar-refractivity contribution is 5.77. The van der Waals surface area contributed by atoms with Crippen molar-refractivity contribution < 1.29 is 14.7 Å². The maximum atomic E-state index is 11.9. The Hall–Kier alpha value is -1.30. The number of amides is 2. The fraction of sp³-hybridized carbons (Fsp3) is 0.800. The van der Waals surface area contributed by atoms with Crippen LogP contribution in [0.2, 0.25) is 0 Å². The molecule has 1 rings (SSSR count).